The molecule has 2 amide bonds. The molecule has 1 unspecified atom stereocenters. The molecule has 2 heterocycles. The van der Waals surface area contributed by atoms with Gasteiger partial charge in [0.1, 0.15) is 0 Å². The van der Waals surface area contributed by atoms with Gasteiger partial charge >= 0.3 is 6.03 Å². The van der Waals surface area contributed by atoms with Crippen molar-refractivity contribution >= 4 is 17.4 Å². The number of tetrazole rings is 1. The monoisotopic (exact) mass is 320 g/mol. The fraction of sp³-hybridized carbons (Fsp3) is 0.176. The third-order valence-corrected chi connectivity index (χ3v) is 4.07. The fourth-order valence-electron chi connectivity index (χ4n) is 2.97. The maximum Gasteiger partial charge on any atom is 0.326 e. The highest BCUT2D eigenvalue weighted by molar-refractivity contribution is 6.03. The van der Waals surface area contributed by atoms with Gasteiger partial charge in [-0.3, -0.25) is 4.90 Å². The summed E-state index contributed by atoms with van der Waals surface area (Å²) < 4.78 is 1.70. The average Bonchev–Trinajstić information content (AvgIpc) is 3.00. The standard InChI is InChI=1S/C17H16N6O/c1-12-11-16-19-20-21-23(16)15-10-6-5-9-14(15)22(12)17(24)18-13-7-3-2-4-8-13/h2-10,12H,11H2,1H3,(H,18,24). The van der Waals surface area contributed by atoms with E-state index < -0.39 is 0 Å². The van der Waals surface area contributed by atoms with Crippen LogP contribution in [0.15, 0.2) is 54.6 Å². The predicted octanol–water partition coefficient (Wildman–Crippen LogP) is 2.65. The zero-order valence-electron chi connectivity index (χ0n) is 13.1. The van der Waals surface area contributed by atoms with E-state index in [0.717, 1.165) is 22.9 Å². The summed E-state index contributed by atoms with van der Waals surface area (Å²) in [6.07, 6.45) is 0.573. The molecule has 1 N–H and O–H groups in total. The molecule has 24 heavy (non-hydrogen) atoms. The largest absolute Gasteiger partial charge is 0.326 e. The van der Waals surface area contributed by atoms with E-state index in [1.807, 2.05) is 61.5 Å². The molecule has 0 bridgehead atoms. The first kappa shape index (κ1) is 14.4. The van der Waals surface area contributed by atoms with Crippen LogP contribution in [0.4, 0.5) is 16.2 Å². The number of aromatic nitrogens is 4. The minimum atomic E-state index is -0.181. The normalized spacial score (nSPS) is 16.0. The Bertz CT molecular complexity index is 876. The van der Waals surface area contributed by atoms with Crippen LogP contribution < -0.4 is 10.2 Å². The number of hydrogen-bond donors (Lipinski definition) is 1. The van der Waals surface area contributed by atoms with E-state index in [2.05, 4.69) is 20.8 Å². The number of carbonyl (C=O) groups is 1. The van der Waals surface area contributed by atoms with Crippen molar-refractivity contribution in [3.63, 3.8) is 0 Å². The lowest BCUT2D eigenvalue weighted by Gasteiger charge is -2.28. The zero-order chi connectivity index (χ0) is 16.5. The predicted molar refractivity (Wildman–Crippen MR) is 90.3 cm³/mol. The van der Waals surface area contributed by atoms with Crippen molar-refractivity contribution in [2.75, 3.05) is 10.2 Å². The molecule has 0 saturated heterocycles. The number of urea groups is 1. The Balaban J connectivity index is 1.75. The van der Waals surface area contributed by atoms with E-state index in [9.17, 15) is 4.79 Å². The smallest absolute Gasteiger partial charge is 0.308 e. The van der Waals surface area contributed by atoms with Crippen LogP contribution in [0.5, 0.6) is 0 Å². The first-order chi connectivity index (χ1) is 11.7. The van der Waals surface area contributed by atoms with E-state index in [1.165, 1.54) is 0 Å². The summed E-state index contributed by atoms with van der Waals surface area (Å²) in [5, 5.41) is 14.9. The summed E-state index contributed by atoms with van der Waals surface area (Å²) in [7, 11) is 0. The molecule has 0 radical (unpaired) electrons. The van der Waals surface area contributed by atoms with Crippen molar-refractivity contribution in [1.29, 1.82) is 0 Å². The van der Waals surface area contributed by atoms with Gasteiger partial charge in [-0.05, 0) is 41.6 Å². The van der Waals surface area contributed by atoms with Gasteiger partial charge in [-0.2, -0.15) is 4.68 Å². The number of fused-ring (bicyclic) bond motifs is 3. The third kappa shape index (κ3) is 2.40. The third-order valence-electron chi connectivity index (χ3n) is 4.07. The summed E-state index contributed by atoms with van der Waals surface area (Å²) in [6.45, 7) is 1.99. The molecule has 1 atom stereocenters. The van der Waals surface area contributed by atoms with Crippen molar-refractivity contribution < 1.29 is 4.79 Å². The molecular weight excluding hydrogens is 304 g/mol. The van der Waals surface area contributed by atoms with Crippen molar-refractivity contribution in [3.8, 4) is 5.69 Å². The van der Waals surface area contributed by atoms with Crippen LogP contribution in [0.3, 0.4) is 0 Å². The second kappa shape index (κ2) is 5.77. The maximum absolute atomic E-state index is 12.9. The first-order valence-electron chi connectivity index (χ1n) is 7.76. The molecule has 120 valence electrons. The number of carbonyl (C=O) groups excluding carboxylic acids is 1. The summed E-state index contributed by atoms with van der Waals surface area (Å²) >= 11 is 0. The number of rotatable bonds is 1. The van der Waals surface area contributed by atoms with Gasteiger partial charge in [-0.1, -0.05) is 30.3 Å². The van der Waals surface area contributed by atoms with E-state index in [4.69, 9.17) is 0 Å². The van der Waals surface area contributed by atoms with Crippen molar-refractivity contribution in [2.45, 2.75) is 19.4 Å². The van der Waals surface area contributed by atoms with Crippen LogP contribution >= 0.6 is 0 Å². The van der Waals surface area contributed by atoms with Gasteiger partial charge in [0.15, 0.2) is 5.82 Å². The highest BCUT2D eigenvalue weighted by Gasteiger charge is 2.30. The average molecular weight is 320 g/mol. The number of hydrogen-bond acceptors (Lipinski definition) is 4. The van der Waals surface area contributed by atoms with Crippen LogP contribution in [0.25, 0.3) is 5.69 Å². The van der Waals surface area contributed by atoms with E-state index in [-0.39, 0.29) is 12.1 Å². The minimum absolute atomic E-state index is 0.0814. The van der Waals surface area contributed by atoms with E-state index in [0.29, 0.717) is 6.42 Å². The van der Waals surface area contributed by atoms with E-state index in [1.54, 1.807) is 9.58 Å². The molecule has 0 spiro atoms. The lowest BCUT2D eigenvalue weighted by Crippen LogP contribution is -2.42. The second-order valence-corrected chi connectivity index (χ2v) is 5.71. The molecule has 0 fully saturated rings. The molecule has 3 aromatic rings. The van der Waals surface area contributed by atoms with Crippen molar-refractivity contribution in [1.82, 2.24) is 20.2 Å². The number of para-hydroxylation sites is 3. The highest BCUT2D eigenvalue weighted by atomic mass is 16.2. The van der Waals surface area contributed by atoms with Crippen molar-refractivity contribution in [3.05, 3.63) is 60.4 Å². The molecule has 1 aromatic heterocycles. The SMILES string of the molecule is CC1Cc2nnnn2-c2ccccc2N1C(=O)Nc1ccccc1. The Morgan fingerprint density at radius 2 is 1.79 bits per heavy atom. The van der Waals surface area contributed by atoms with Gasteiger partial charge in [-0.25, -0.2) is 4.79 Å². The second-order valence-electron chi connectivity index (χ2n) is 5.71. The Morgan fingerprint density at radius 1 is 1.08 bits per heavy atom. The Labute approximate surface area is 138 Å². The summed E-state index contributed by atoms with van der Waals surface area (Å²) in [5.41, 5.74) is 2.34. The molecular formula is C17H16N6O. The highest BCUT2D eigenvalue weighted by Crippen LogP contribution is 2.30. The number of anilines is 2. The first-order valence-corrected chi connectivity index (χ1v) is 7.76. The molecule has 4 rings (SSSR count). The molecule has 2 aromatic carbocycles. The number of nitrogens with zero attached hydrogens (tertiary/aromatic N) is 5. The van der Waals surface area contributed by atoms with Crippen LogP contribution in [0, 0.1) is 0 Å². The molecule has 1 aliphatic rings. The van der Waals surface area contributed by atoms with Gasteiger partial charge in [0, 0.05) is 18.2 Å². The Kier molecular flexibility index (Phi) is 3.45. The maximum atomic E-state index is 12.9. The van der Waals surface area contributed by atoms with Crippen LogP contribution in [0.1, 0.15) is 12.7 Å². The molecule has 7 heteroatoms. The fourth-order valence-corrected chi connectivity index (χ4v) is 2.97. The lowest BCUT2D eigenvalue weighted by molar-refractivity contribution is 0.255. The van der Waals surface area contributed by atoms with Gasteiger partial charge in [0.05, 0.1) is 11.4 Å². The summed E-state index contributed by atoms with van der Waals surface area (Å²) in [4.78, 5) is 14.7. The molecule has 0 saturated carbocycles. The van der Waals surface area contributed by atoms with Gasteiger partial charge in [-0.15, -0.1) is 5.10 Å². The molecule has 0 aliphatic carbocycles. The summed E-state index contributed by atoms with van der Waals surface area (Å²) in [6, 6.07) is 16.8. The van der Waals surface area contributed by atoms with Gasteiger partial charge < -0.3 is 5.32 Å². The summed E-state index contributed by atoms with van der Waals surface area (Å²) in [5.74, 6) is 0.741. The number of nitrogens with one attached hydrogen (secondary N) is 1. The Morgan fingerprint density at radius 3 is 2.58 bits per heavy atom. The Hall–Kier alpha value is -3.22. The van der Waals surface area contributed by atoms with E-state index >= 15 is 0 Å². The van der Waals surface area contributed by atoms with Crippen LogP contribution in [-0.2, 0) is 6.42 Å². The van der Waals surface area contributed by atoms with Crippen LogP contribution in [0.2, 0.25) is 0 Å². The zero-order valence-corrected chi connectivity index (χ0v) is 13.1. The number of benzene rings is 2. The number of amides is 2. The van der Waals surface area contributed by atoms with Gasteiger partial charge in [0.25, 0.3) is 0 Å². The topological polar surface area (TPSA) is 75.9 Å². The van der Waals surface area contributed by atoms with Gasteiger partial charge in [0.2, 0.25) is 0 Å². The minimum Gasteiger partial charge on any atom is -0.308 e. The van der Waals surface area contributed by atoms with Crippen LogP contribution in [-0.4, -0.2) is 32.3 Å². The van der Waals surface area contributed by atoms with Crippen molar-refractivity contribution in [2.24, 2.45) is 0 Å². The molecule has 7 nitrogen and oxygen atoms in total. The molecule has 1 aliphatic heterocycles. The lowest BCUT2D eigenvalue weighted by atomic mass is 10.2. The quantitative estimate of drug-likeness (QED) is 0.748.